The van der Waals surface area contributed by atoms with Gasteiger partial charge >= 0.3 is 0 Å². The number of aromatic nitrogens is 2. The van der Waals surface area contributed by atoms with E-state index in [-0.39, 0.29) is 0 Å². The third-order valence-electron chi connectivity index (χ3n) is 2.19. The minimum absolute atomic E-state index is 0.562. The molecule has 0 fully saturated rings. The Morgan fingerprint density at radius 3 is 2.81 bits per heavy atom. The normalized spacial score (nSPS) is 10.4. The smallest absolute Gasteiger partial charge is 0.223 e. The molecule has 1 heterocycles. The molecule has 5 heteroatoms. The van der Waals surface area contributed by atoms with Gasteiger partial charge in [0.2, 0.25) is 5.89 Å². The zero-order valence-electron chi connectivity index (χ0n) is 9.12. The highest BCUT2D eigenvalue weighted by Gasteiger charge is 2.02. The van der Waals surface area contributed by atoms with Crippen molar-refractivity contribution in [2.24, 2.45) is 0 Å². The quantitative estimate of drug-likeness (QED) is 0.940. The van der Waals surface area contributed by atoms with E-state index < -0.39 is 0 Å². The van der Waals surface area contributed by atoms with E-state index in [1.165, 1.54) is 5.56 Å². The number of anilines is 1. The van der Waals surface area contributed by atoms with Crippen LogP contribution in [0.2, 0.25) is 0 Å². The van der Waals surface area contributed by atoms with Gasteiger partial charge in [-0.15, -0.1) is 0 Å². The van der Waals surface area contributed by atoms with Crippen LogP contribution in [0.15, 0.2) is 27.2 Å². The Morgan fingerprint density at radius 2 is 2.19 bits per heavy atom. The number of aryl methyl sites for hydroxylation is 2. The monoisotopic (exact) mass is 281 g/mol. The van der Waals surface area contributed by atoms with Crippen molar-refractivity contribution >= 4 is 21.6 Å². The van der Waals surface area contributed by atoms with Crippen LogP contribution in [0.25, 0.3) is 0 Å². The Balaban J connectivity index is 2.02. The van der Waals surface area contributed by atoms with Gasteiger partial charge in [0.25, 0.3) is 0 Å². The van der Waals surface area contributed by atoms with Crippen molar-refractivity contribution < 1.29 is 4.52 Å². The third kappa shape index (κ3) is 2.61. The predicted octanol–water partition coefficient (Wildman–Crippen LogP) is 3.06. The van der Waals surface area contributed by atoms with Gasteiger partial charge in [-0.05, 0) is 24.6 Å². The second-order valence-electron chi connectivity index (χ2n) is 3.55. The highest BCUT2D eigenvalue weighted by atomic mass is 79.9. The minimum atomic E-state index is 0.562. The first-order valence-corrected chi connectivity index (χ1v) is 5.73. The maximum Gasteiger partial charge on any atom is 0.223 e. The fourth-order valence-corrected chi connectivity index (χ4v) is 1.68. The van der Waals surface area contributed by atoms with Gasteiger partial charge in [-0.2, -0.15) is 4.98 Å². The van der Waals surface area contributed by atoms with Crippen molar-refractivity contribution in [3.05, 3.63) is 40.0 Å². The maximum atomic E-state index is 4.89. The number of halogens is 1. The highest BCUT2D eigenvalue weighted by Crippen LogP contribution is 2.20. The first-order chi connectivity index (χ1) is 7.65. The molecule has 0 bridgehead atoms. The van der Waals surface area contributed by atoms with E-state index in [1.54, 1.807) is 6.92 Å². The van der Waals surface area contributed by atoms with Crippen molar-refractivity contribution in [1.82, 2.24) is 10.1 Å². The molecule has 0 aliphatic heterocycles. The molecule has 2 aromatic rings. The number of hydrogen-bond acceptors (Lipinski definition) is 4. The fourth-order valence-electron chi connectivity index (χ4n) is 1.30. The van der Waals surface area contributed by atoms with Gasteiger partial charge in [0, 0.05) is 17.1 Å². The minimum Gasteiger partial charge on any atom is -0.378 e. The van der Waals surface area contributed by atoms with E-state index in [0.29, 0.717) is 18.3 Å². The Morgan fingerprint density at radius 1 is 1.38 bits per heavy atom. The van der Waals surface area contributed by atoms with Crippen LogP contribution in [-0.2, 0) is 6.54 Å². The largest absolute Gasteiger partial charge is 0.378 e. The molecule has 1 N–H and O–H groups in total. The van der Waals surface area contributed by atoms with Crippen LogP contribution in [0.4, 0.5) is 5.69 Å². The van der Waals surface area contributed by atoms with E-state index in [4.69, 9.17) is 4.52 Å². The van der Waals surface area contributed by atoms with Gasteiger partial charge in [-0.25, -0.2) is 0 Å². The van der Waals surface area contributed by atoms with E-state index >= 15 is 0 Å². The fraction of sp³-hybridized carbons (Fsp3) is 0.273. The Kier molecular flexibility index (Phi) is 3.24. The SMILES string of the molecule is Cc1nc(CNc2ccc(C)c(Br)c2)no1. The molecule has 0 amide bonds. The number of rotatable bonds is 3. The van der Waals surface area contributed by atoms with Gasteiger partial charge in [0.05, 0.1) is 6.54 Å². The number of nitrogens with one attached hydrogen (secondary N) is 1. The summed E-state index contributed by atoms with van der Waals surface area (Å²) < 4.78 is 5.97. The molecule has 0 radical (unpaired) electrons. The molecule has 0 atom stereocenters. The van der Waals surface area contributed by atoms with E-state index in [0.717, 1.165) is 10.2 Å². The lowest BCUT2D eigenvalue weighted by Gasteiger charge is -2.05. The molecule has 0 saturated carbocycles. The molecule has 0 aliphatic carbocycles. The van der Waals surface area contributed by atoms with Gasteiger partial charge in [0.15, 0.2) is 5.82 Å². The lowest BCUT2D eigenvalue weighted by Crippen LogP contribution is -2.01. The molecule has 1 aromatic heterocycles. The van der Waals surface area contributed by atoms with Gasteiger partial charge in [-0.3, -0.25) is 0 Å². The van der Waals surface area contributed by atoms with E-state index in [1.807, 2.05) is 18.2 Å². The number of hydrogen-bond donors (Lipinski definition) is 1. The van der Waals surface area contributed by atoms with E-state index in [9.17, 15) is 0 Å². The topological polar surface area (TPSA) is 51.0 Å². The first-order valence-electron chi connectivity index (χ1n) is 4.94. The Bertz CT molecular complexity index is 496. The van der Waals surface area contributed by atoms with Crippen LogP contribution in [0, 0.1) is 13.8 Å². The second-order valence-corrected chi connectivity index (χ2v) is 4.40. The molecule has 84 valence electrons. The van der Waals surface area contributed by atoms with Gasteiger partial charge < -0.3 is 9.84 Å². The molecule has 2 rings (SSSR count). The second kappa shape index (κ2) is 4.65. The molecule has 16 heavy (non-hydrogen) atoms. The lowest BCUT2D eigenvalue weighted by atomic mass is 10.2. The molecular formula is C11H12BrN3O. The van der Waals surface area contributed by atoms with Crippen LogP contribution < -0.4 is 5.32 Å². The first kappa shape index (κ1) is 11.1. The van der Waals surface area contributed by atoms with Crippen LogP contribution in [0.3, 0.4) is 0 Å². The molecule has 0 unspecified atom stereocenters. The Labute approximate surface area is 102 Å². The molecule has 0 aliphatic rings. The summed E-state index contributed by atoms with van der Waals surface area (Å²) in [5, 5.41) is 7.04. The lowest BCUT2D eigenvalue weighted by molar-refractivity contribution is 0.388. The van der Waals surface area contributed by atoms with Crippen molar-refractivity contribution in [3.63, 3.8) is 0 Å². The summed E-state index contributed by atoms with van der Waals surface area (Å²) in [5.41, 5.74) is 2.24. The van der Waals surface area contributed by atoms with E-state index in [2.05, 4.69) is 38.3 Å². The summed E-state index contributed by atoms with van der Waals surface area (Å²) in [5.74, 6) is 1.25. The van der Waals surface area contributed by atoms with Crippen LogP contribution in [-0.4, -0.2) is 10.1 Å². The summed E-state index contributed by atoms with van der Waals surface area (Å²) in [6, 6.07) is 6.10. The molecule has 0 saturated heterocycles. The van der Waals surface area contributed by atoms with Crippen LogP contribution >= 0.6 is 15.9 Å². The van der Waals surface area contributed by atoms with Gasteiger partial charge in [-0.1, -0.05) is 27.2 Å². The van der Waals surface area contributed by atoms with Crippen molar-refractivity contribution in [1.29, 1.82) is 0 Å². The Hall–Kier alpha value is -1.36. The zero-order valence-corrected chi connectivity index (χ0v) is 10.7. The molecular weight excluding hydrogens is 270 g/mol. The molecule has 0 spiro atoms. The summed E-state index contributed by atoms with van der Waals surface area (Å²) in [6.45, 7) is 4.39. The van der Waals surface area contributed by atoms with Crippen molar-refractivity contribution in [3.8, 4) is 0 Å². The summed E-state index contributed by atoms with van der Waals surface area (Å²) >= 11 is 3.49. The van der Waals surface area contributed by atoms with Crippen molar-refractivity contribution in [2.75, 3.05) is 5.32 Å². The summed E-state index contributed by atoms with van der Waals surface area (Å²) in [7, 11) is 0. The third-order valence-corrected chi connectivity index (χ3v) is 3.05. The highest BCUT2D eigenvalue weighted by molar-refractivity contribution is 9.10. The number of benzene rings is 1. The number of nitrogens with zero attached hydrogens (tertiary/aromatic N) is 2. The summed E-state index contributed by atoms with van der Waals surface area (Å²) in [6.07, 6.45) is 0. The average molecular weight is 282 g/mol. The average Bonchev–Trinajstić information content (AvgIpc) is 2.66. The summed E-state index contributed by atoms with van der Waals surface area (Å²) in [4.78, 5) is 4.11. The standard InChI is InChI=1S/C11H12BrN3O/c1-7-3-4-9(5-10(7)12)13-6-11-14-8(2)16-15-11/h3-5,13H,6H2,1-2H3. The maximum absolute atomic E-state index is 4.89. The zero-order chi connectivity index (χ0) is 11.5. The van der Waals surface area contributed by atoms with Gasteiger partial charge in [0.1, 0.15) is 0 Å². The molecule has 1 aromatic carbocycles. The van der Waals surface area contributed by atoms with Crippen molar-refractivity contribution in [2.45, 2.75) is 20.4 Å². The predicted molar refractivity (Wildman–Crippen MR) is 65.2 cm³/mol. The van der Waals surface area contributed by atoms with Crippen LogP contribution in [0.5, 0.6) is 0 Å². The molecule has 4 nitrogen and oxygen atoms in total. The van der Waals surface area contributed by atoms with Crippen LogP contribution in [0.1, 0.15) is 17.3 Å².